The first-order chi connectivity index (χ1) is 6.51. The van der Waals surface area contributed by atoms with Gasteiger partial charge in [0.1, 0.15) is 10.8 Å². The molecule has 3 heterocycles. The van der Waals surface area contributed by atoms with Crippen LogP contribution >= 0.6 is 0 Å². The number of carbonyl (C=O) groups excluding carboxylic acids is 2. The van der Waals surface area contributed by atoms with E-state index in [0.717, 1.165) is 12.8 Å². The largest absolute Gasteiger partial charge is 2.00 e. The molecule has 2 bridgehead atoms. The molecule has 0 saturated carbocycles. The maximum absolute atomic E-state index is 11.7. The molecule has 0 aromatic rings. The number of esters is 2. The van der Waals surface area contributed by atoms with Crippen molar-refractivity contribution in [3.05, 3.63) is 0 Å². The molecule has 76 valence electrons. The molecule has 3 fully saturated rings. The van der Waals surface area contributed by atoms with Gasteiger partial charge in [-0.3, -0.25) is 9.59 Å². The normalized spacial score (nSPS) is 51.3. The number of hydrogen-bond donors (Lipinski definition) is 0. The van der Waals surface area contributed by atoms with E-state index in [9.17, 15) is 9.59 Å². The molecule has 3 rings (SSSR count). The summed E-state index contributed by atoms with van der Waals surface area (Å²) in [5, 5.41) is 0. The first kappa shape index (κ1) is 11.8. The van der Waals surface area contributed by atoms with Gasteiger partial charge in [-0.2, -0.15) is 0 Å². The molecule has 4 nitrogen and oxygen atoms in total. The molecule has 3 aliphatic rings. The second-order valence-electron chi connectivity index (χ2n) is 4.77. The summed E-state index contributed by atoms with van der Waals surface area (Å²) in [6.45, 7) is 3.59. The fraction of sp³-hybridized carbons (Fsp3) is 0.800. The third-order valence-electron chi connectivity index (χ3n) is 4.42. The summed E-state index contributed by atoms with van der Waals surface area (Å²) in [6.07, 6.45) is 1.46. The van der Waals surface area contributed by atoms with Gasteiger partial charge in [0, 0.05) is 0 Å². The van der Waals surface area contributed by atoms with Gasteiger partial charge in [0.05, 0.1) is 12.2 Å². The molecule has 0 aromatic carbocycles. The molecule has 4 atom stereocenters. The summed E-state index contributed by atoms with van der Waals surface area (Å²) in [5.74, 6) is -0.811. The predicted octanol–water partition coefficient (Wildman–Crippen LogP) is 0.263. The van der Waals surface area contributed by atoms with Crippen LogP contribution in [-0.2, 0) is 19.1 Å². The van der Waals surface area contributed by atoms with E-state index in [1.807, 2.05) is 0 Å². The maximum Gasteiger partial charge on any atom is 2.00 e. The molecule has 0 aromatic heterocycles. The van der Waals surface area contributed by atoms with Crippen molar-refractivity contribution in [1.29, 1.82) is 0 Å². The summed E-state index contributed by atoms with van der Waals surface area (Å²) in [6, 6.07) is 0. The third kappa shape index (κ3) is 1.02. The molecule has 0 amide bonds. The minimum atomic E-state index is -0.743. The van der Waals surface area contributed by atoms with Crippen LogP contribution in [0.5, 0.6) is 0 Å². The van der Waals surface area contributed by atoms with Crippen LogP contribution in [0.2, 0.25) is 0 Å². The van der Waals surface area contributed by atoms with E-state index in [1.54, 1.807) is 13.8 Å². The Labute approximate surface area is 118 Å². The molecule has 0 radical (unpaired) electrons. The topological polar surface area (TPSA) is 52.6 Å². The first-order valence-electron chi connectivity index (χ1n) is 4.93. The van der Waals surface area contributed by atoms with Crippen molar-refractivity contribution in [2.45, 2.75) is 38.9 Å². The van der Waals surface area contributed by atoms with Gasteiger partial charge in [0.2, 0.25) is 0 Å². The molecule has 0 aliphatic carbocycles. The second-order valence-corrected chi connectivity index (χ2v) is 4.77. The van der Waals surface area contributed by atoms with E-state index in [-0.39, 0.29) is 49.9 Å². The molecule has 3 aliphatic heterocycles. The number of carbonyl (C=O) groups is 2. The summed E-state index contributed by atoms with van der Waals surface area (Å²) < 4.78 is 10.4. The van der Waals surface area contributed by atoms with Gasteiger partial charge in [-0.25, -0.2) is 0 Å². The molecular formula is C10H12CaO4+2. The average Bonchev–Trinajstić information content (AvgIpc) is 2.73. The average molecular weight is 236 g/mol. The monoisotopic (exact) mass is 236 g/mol. The molecule has 0 unspecified atom stereocenters. The van der Waals surface area contributed by atoms with Gasteiger partial charge in [-0.1, -0.05) is 0 Å². The van der Waals surface area contributed by atoms with E-state index >= 15 is 0 Å². The maximum atomic E-state index is 11.7. The summed E-state index contributed by atoms with van der Waals surface area (Å²) in [4.78, 5) is 23.3. The zero-order chi connectivity index (χ0) is 10.1. The van der Waals surface area contributed by atoms with Crippen molar-refractivity contribution in [3.63, 3.8) is 0 Å². The van der Waals surface area contributed by atoms with E-state index < -0.39 is 22.8 Å². The van der Waals surface area contributed by atoms with E-state index in [1.165, 1.54) is 0 Å². The number of fused-ring (bicyclic) bond motifs is 5. The van der Waals surface area contributed by atoms with Crippen molar-refractivity contribution < 1.29 is 19.1 Å². The van der Waals surface area contributed by atoms with Crippen LogP contribution in [0, 0.1) is 10.8 Å². The van der Waals surface area contributed by atoms with Gasteiger partial charge in [-0.15, -0.1) is 0 Å². The van der Waals surface area contributed by atoms with Crippen LogP contribution in [0.4, 0.5) is 0 Å². The van der Waals surface area contributed by atoms with Crippen molar-refractivity contribution in [2.75, 3.05) is 0 Å². The van der Waals surface area contributed by atoms with Crippen LogP contribution in [-0.4, -0.2) is 61.9 Å². The smallest absolute Gasteiger partial charge is 0.392 e. The van der Waals surface area contributed by atoms with Crippen molar-refractivity contribution in [1.82, 2.24) is 0 Å². The van der Waals surface area contributed by atoms with Crippen molar-refractivity contribution in [2.24, 2.45) is 10.8 Å². The first-order valence-corrected chi connectivity index (χ1v) is 4.93. The Kier molecular flexibility index (Phi) is 2.51. The van der Waals surface area contributed by atoms with E-state index in [4.69, 9.17) is 9.47 Å². The minimum absolute atomic E-state index is 0. The molecule has 15 heavy (non-hydrogen) atoms. The van der Waals surface area contributed by atoms with Crippen LogP contribution in [0.25, 0.3) is 0 Å². The Hall–Kier alpha value is 0.360. The Balaban J connectivity index is 0.000000853. The van der Waals surface area contributed by atoms with E-state index in [0.29, 0.717) is 0 Å². The van der Waals surface area contributed by atoms with Crippen LogP contribution < -0.4 is 0 Å². The third-order valence-corrected chi connectivity index (χ3v) is 4.42. The minimum Gasteiger partial charge on any atom is -0.392 e. The Morgan fingerprint density at radius 2 is 1.47 bits per heavy atom. The Bertz CT molecular complexity index is 323. The Morgan fingerprint density at radius 1 is 1.07 bits per heavy atom. The summed E-state index contributed by atoms with van der Waals surface area (Å²) in [5.41, 5.74) is -1.49. The van der Waals surface area contributed by atoms with Gasteiger partial charge < -0.3 is 9.47 Å². The van der Waals surface area contributed by atoms with Crippen LogP contribution in [0.15, 0.2) is 0 Å². The van der Waals surface area contributed by atoms with Gasteiger partial charge in [-0.05, 0) is 26.7 Å². The molecular weight excluding hydrogens is 224 g/mol. The van der Waals surface area contributed by atoms with Crippen molar-refractivity contribution >= 4 is 49.7 Å². The number of cyclic esters (lactones) is 2. The molecule has 0 N–H and O–H groups in total. The van der Waals surface area contributed by atoms with Gasteiger partial charge >= 0.3 is 49.7 Å². The standard InChI is InChI=1S/C10H12O4.Ca/c1-9-5-3-4-6(13-5)10(9,2)8(12)14-7(9)11;/h5-6H,3-4H2,1-2H3;/q;+2/t5-,6+,9-,10+;. The quantitative estimate of drug-likeness (QED) is 0.344. The predicted molar refractivity (Wildman–Crippen MR) is 51.0 cm³/mol. The van der Waals surface area contributed by atoms with Crippen LogP contribution in [0.3, 0.4) is 0 Å². The fourth-order valence-corrected chi connectivity index (χ4v) is 3.14. The zero-order valence-electron chi connectivity index (χ0n) is 8.91. The molecule has 3 saturated heterocycles. The summed E-state index contributed by atoms with van der Waals surface area (Å²) >= 11 is 0. The van der Waals surface area contributed by atoms with E-state index in [2.05, 4.69) is 0 Å². The van der Waals surface area contributed by atoms with Crippen LogP contribution in [0.1, 0.15) is 26.7 Å². The number of rotatable bonds is 0. The SMILES string of the molecule is C[C@@]12C(=O)OC(=O)[C@]1(C)[C@@H]1CC[C@H]2O1.[Ca+2]. The molecule has 0 spiro atoms. The summed E-state index contributed by atoms with van der Waals surface area (Å²) in [7, 11) is 0. The second kappa shape index (κ2) is 3.19. The Morgan fingerprint density at radius 3 is 1.87 bits per heavy atom. The molecule has 5 heteroatoms. The van der Waals surface area contributed by atoms with Gasteiger partial charge in [0.15, 0.2) is 0 Å². The number of ether oxygens (including phenoxy) is 2. The fourth-order valence-electron chi connectivity index (χ4n) is 3.14. The zero-order valence-corrected chi connectivity index (χ0v) is 11.1. The number of hydrogen-bond acceptors (Lipinski definition) is 4. The van der Waals surface area contributed by atoms with Gasteiger partial charge in [0.25, 0.3) is 0 Å². The van der Waals surface area contributed by atoms with Crippen molar-refractivity contribution in [3.8, 4) is 0 Å².